The minimum atomic E-state index is 0.192. The number of carbonyl (C=O) groups is 1. The van der Waals surface area contributed by atoms with Crippen molar-refractivity contribution in [1.29, 1.82) is 0 Å². The summed E-state index contributed by atoms with van der Waals surface area (Å²) in [6.45, 7) is 7.31. The van der Waals surface area contributed by atoms with E-state index in [2.05, 4.69) is 22.3 Å². The predicted octanol–water partition coefficient (Wildman–Crippen LogP) is 1.26. The lowest BCUT2D eigenvalue weighted by atomic mass is 10.3. The van der Waals surface area contributed by atoms with E-state index in [0.717, 1.165) is 39.3 Å². The second-order valence-electron chi connectivity index (χ2n) is 4.64. The average Bonchev–Trinajstić information content (AvgIpc) is 2.40. The largest absolute Gasteiger partial charge is 0.384 e. The fourth-order valence-corrected chi connectivity index (χ4v) is 2.20. The highest BCUT2D eigenvalue weighted by Gasteiger charge is 2.17. The van der Waals surface area contributed by atoms with Crippen LogP contribution >= 0.6 is 0 Å². The van der Waals surface area contributed by atoms with Crippen molar-refractivity contribution in [1.82, 2.24) is 9.80 Å². The summed E-state index contributed by atoms with van der Waals surface area (Å²) in [6, 6.07) is 10.2. The first-order valence-electron chi connectivity index (χ1n) is 6.52. The fourth-order valence-electron chi connectivity index (χ4n) is 2.20. The molecule has 1 N–H and O–H groups in total. The molecule has 1 aliphatic heterocycles. The Balaban J connectivity index is 1.65. The van der Waals surface area contributed by atoms with Crippen LogP contribution in [0, 0.1) is 0 Å². The van der Waals surface area contributed by atoms with Crippen molar-refractivity contribution in [3.05, 3.63) is 30.3 Å². The van der Waals surface area contributed by atoms with Crippen LogP contribution in [0.2, 0.25) is 0 Å². The van der Waals surface area contributed by atoms with E-state index in [1.165, 1.54) is 5.69 Å². The van der Waals surface area contributed by atoms with E-state index in [0.29, 0.717) is 0 Å². The molecule has 1 aliphatic rings. The number of anilines is 1. The van der Waals surface area contributed by atoms with Gasteiger partial charge in [0, 0.05) is 51.9 Å². The van der Waals surface area contributed by atoms with Crippen molar-refractivity contribution in [3.8, 4) is 0 Å². The Bertz CT molecular complexity index is 372. The average molecular weight is 247 g/mol. The second-order valence-corrected chi connectivity index (χ2v) is 4.64. The lowest BCUT2D eigenvalue weighted by Gasteiger charge is -2.34. The molecule has 18 heavy (non-hydrogen) atoms. The SMILES string of the molecule is CC(=O)N1CCN(CCNc2ccccc2)CC1. The van der Waals surface area contributed by atoms with Crippen molar-refractivity contribution in [2.24, 2.45) is 0 Å². The first kappa shape index (κ1) is 12.9. The molecule has 1 amide bonds. The molecular formula is C14H21N3O. The van der Waals surface area contributed by atoms with Gasteiger partial charge < -0.3 is 10.2 Å². The first-order valence-corrected chi connectivity index (χ1v) is 6.52. The van der Waals surface area contributed by atoms with E-state index in [4.69, 9.17) is 0 Å². The maximum atomic E-state index is 11.2. The van der Waals surface area contributed by atoms with Crippen molar-refractivity contribution < 1.29 is 4.79 Å². The van der Waals surface area contributed by atoms with Gasteiger partial charge in [0.25, 0.3) is 0 Å². The third-order valence-corrected chi connectivity index (χ3v) is 3.35. The molecule has 1 aromatic rings. The number of carbonyl (C=O) groups excluding carboxylic acids is 1. The van der Waals surface area contributed by atoms with Crippen LogP contribution in [0.1, 0.15) is 6.92 Å². The zero-order valence-corrected chi connectivity index (χ0v) is 10.9. The Morgan fingerprint density at radius 3 is 2.44 bits per heavy atom. The molecule has 0 unspecified atom stereocenters. The second kappa shape index (κ2) is 6.40. The minimum Gasteiger partial charge on any atom is -0.384 e. The molecule has 1 heterocycles. The number of benzene rings is 1. The summed E-state index contributed by atoms with van der Waals surface area (Å²) in [5.74, 6) is 0.192. The van der Waals surface area contributed by atoms with Gasteiger partial charge in [-0.3, -0.25) is 9.69 Å². The van der Waals surface area contributed by atoms with Crippen molar-refractivity contribution in [3.63, 3.8) is 0 Å². The molecule has 4 heteroatoms. The molecule has 0 aliphatic carbocycles. The monoisotopic (exact) mass is 247 g/mol. The van der Waals surface area contributed by atoms with Crippen LogP contribution in [0.15, 0.2) is 30.3 Å². The molecule has 1 aromatic carbocycles. The highest BCUT2D eigenvalue weighted by molar-refractivity contribution is 5.73. The number of hydrogen-bond donors (Lipinski definition) is 1. The van der Waals surface area contributed by atoms with Crippen LogP contribution in [-0.2, 0) is 4.79 Å². The summed E-state index contributed by atoms with van der Waals surface area (Å²) in [4.78, 5) is 15.5. The molecule has 0 atom stereocenters. The standard InChI is InChI=1S/C14H21N3O/c1-13(18)17-11-9-16(10-12-17)8-7-15-14-5-3-2-4-6-14/h2-6,15H,7-12H2,1H3. The van der Waals surface area contributed by atoms with Crippen LogP contribution in [0.4, 0.5) is 5.69 Å². The first-order chi connectivity index (χ1) is 8.75. The summed E-state index contributed by atoms with van der Waals surface area (Å²) >= 11 is 0. The lowest BCUT2D eigenvalue weighted by molar-refractivity contribution is -0.130. The summed E-state index contributed by atoms with van der Waals surface area (Å²) < 4.78 is 0. The van der Waals surface area contributed by atoms with E-state index < -0.39 is 0 Å². The molecule has 0 spiro atoms. The van der Waals surface area contributed by atoms with Gasteiger partial charge in [0.1, 0.15) is 0 Å². The highest BCUT2D eigenvalue weighted by Crippen LogP contribution is 2.05. The Hall–Kier alpha value is -1.55. The minimum absolute atomic E-state index is 0.192. The molecule has 2 rings (SSSR count). The quantitative estimate of drug-likeness (QED) is 0.870. The Morgan fingerprint density at radius 1 is 1.17 bits per heavy atom. The number of nitrogens with zero attached hydrogens (tertiary/aromatic N) is 2. The summed E-state index contributed by atoms with van der Waals surface area (Å²) in [7, 11) is 0. The van der Waals surface area contributed by atoms with Gasteiger partial charge in [0.2, 0.25) is 5.91 Å². The van der Waals surface area contributed by atoms with Crippen LogP contribution in [0.5, 0.6) is 0 Å². The zero-order valence-electron chi connectivity index (χ0n) is 10.9. The number of amides is 1. The lowest BCUT2D eigenvalue weighted by Crippen LogP contribution is -2.49. The fraction of sp³-hybridized carbons (Fsp3) is 0.500. The van der Waals surface area contributed by atoms with Gasteiger partial charge in [-0.15, -0.1) is 0 Å². The van der Waals surface area contributed by atoms with Crippen LogP contribution < -0.4 is 5.32 Å². The van der Waals surface area contributed by atoms with E-state index in [1.54, 1.807) is 6.92 Å². The third-order valence-electron chi connectivity index (χ3n) is 3.35. The highest BCUT2D eigenvalue weighted by atomic mass is 16.2. The molecule has 98 valence electrons. The van der Waals surface area contributed by atoms with Gasteiger partial charge in [0.05, 0.1) is 0 Å². The smallest absolute Gasteiger partial charge is 0.219 e. The molecule has 0 bridgehead atoms. The Kier molecular flexibility index (Phi) is 4.59. The summed E-state index contributed by atoms with van der Waals surface area (Å²) in [6.07, 6.45) is 0. The maximum Gasteiger partial charge on any atom is 0.219 e. The van der Waals surface area contributed by atoms with Gasteiger partial charge in [-0.25, -0.2) is 0 Å². The van der Waals surface area contributed by atoms with E-state index in [-0.39, 0.29) is 5.91 Å². The summed E-state index contributed by atoms with van der Waals surface area (Å²) in [5, 5.41) is 3.40. The van der Waals surface area contributed by atoms with Gasteiger partial charge in [-0.2, -0.15) is 0 Å². The molecule has 1 saturated heterocycles. The van der Waals surface area contributed by atoms with Crippen LogP contribution in [0.3, 0.4) is 0 Å². The Morgan fingerprint density at radius 2 is 1.83 bits per heavy atom. The number of piperazine rings is 1. The normalized spacial score (nSPS) is 16.6. The number of rotatable bonds is 4. The van der Waals surface area contributed by atoms with E-state index >= 15 is 0 Å². The van der Waals surface area contributed by atoms with Crippen molar-refractivity contribution in [2.45, 2.75) is 6.92 Å². The van der Waals surface area contributed by atoms with Gasteiger partial charge in [0.15, 0.2) is 0 Å². The van der Waals surface area contributed by atoms with E-state index in [9.17, 15) is 4.79 Å². The predicted molar refractivity (Wildman–Crippen MR) is 73.6 cm³/mol. The number of para-hydroxylation sites is 1. The van der Waals surface area contributed by atoms with Crippen molar-refractivity contribution in [2.75, 3.05) is 44.6 Å². The molecule has 4 nitrogen and oxygen atoms in total. The van der Waals surface area contributed by atoms with Gasteiger partial charge >= 0.3 is 0 Å². The topological polar surface area (TPSA) is 35.6 Å². The van der Waals surface area contributed by atoms with Crippen LogP contribution in [-0.4, -0.2) is 55.0 Å². The molecular weight excluding hydrogens is 226 g/mol. The molecule has 0 radical (unpaired) electrons. The number of nitrogens with one attached hydrogen (secondary N) is 1. The van der Waals surface area contributed by atoms with Crippen molar-refractivity contribution >= 4 is 11.6 Å². The summed E-state index contributed by atoms with van der Waals surface area (Å²) in [5.41, 5.74) is 1.17. The van der Waals surface area contributed by atoms with Gasteiger partial charge in [-0.1, -0.05) is 18.2 Å². The van der Waals surface area contributed by atoms with Crippen LogP contribution in [0.25, 0.3) is 0 Å². The molecule has 1 fully saturated rings. The molecule has 0 aromatic heterocycles. The van der Waals surface area contributed by atoms with Gasteiger partial charge in [-0.05, 0) is 12.1 Å². The Labute approximate surface area is 109 Å². The maximum absolute atomic E-state index is 11.2. The van der Waals surface area contributed by atoms with E-state index in [1.807, 2.05) is 23.1 Å². The third kappa shape index (κ3) is 3.74. The molecule has 0 saturated carbocycles. The number of hydrogen-bond acceptors (Lipinski definition) is 3. The zero-order chi connectivity index (χ0) is 12.8.